The first kappa shape index (κ1) is 19.0. The third-order valence-electron chi connectivity index (χ3n) is 5.81. The van der Waals surface area contributed by atoms with Gasteiger partial charge in [0, 0.05) is 5.92 Å². The normalized spacial score (nSPS) is 53.2. The Morgan fingerprint density at radius 2 is 1.89 bits per heavy atom. The first-order valence-corrected chi connectivity index (χ1v) is 8.64. The summed E-state index contributed by atoms with van der Waals surface area (Å²) >= 11 is 0. The van der Waals surface area contributed by atoms with E-state index in [1.54, 1.807) is 6.08 Å². The van der Waals surface area contributed by atoms with E-state index in [2.05, 4.69) is 0 Å². The lowest BCUT2D eigenvalue weighted by atomic mass is 9.85. The van der Waals surface area contributed by atoms with E-state index in [0.29, 0.717) is 6.47 Å². The molecular weight excluding hydrogens is 368 g/mol. The third-order valence-corrected chi connectivity index (χ3v) is 5.81. The predicted molar refractivity (Wildman–Crippen MR) is 81.5 cm³/mol. The molecule has 0 radical (unpaired) electrons. The van der Waals surface area contributed by atoms with Gasteiger partial charge in [-0.2, -0.15) is 0 Å². The lowest BCUT2D eigenvalue weighted by Gasteiger charge is -2.43. The average molecular weight is 390 g/mol. The van der Waals surface area contributed by atoms with Gasteiger partial charge >= 0.3 is 0 Å². The molecule has 3 aliphatic heterocycles. The fourth-order valence-electron chi connectivity index (χ4n) is 4.37. The monoisotopic (exact) mass is 390 g/mol. The summed E-state index contributed by atoms with van der Waals surface area (Å²) in [6.45, 7) is -0.639. The minimum atomic E-state index is -1.60. The Hall–Kier alpha value is -1.31. The molecule has 11 nitrogen and oxygen atoms in total. The van der Waals surface area contributed by atoms with Gasteiger partial charge in [0.25, 0.3) is 6.47 Å². The molecule has 27 heavy (non-hydrogen) atoms. The van der Waals surface area contributed by atoms with Crippen molar-refractivity contribution in [3.63, 3.8) is 0 Å². The van der Waals surface area contributed by atoms with E-state index in [-0.39, 0.29) is 12.5 Å². The summed E-state index contributed by atoms with van der Waals surface area (Å²) in [6, 6.07) is 0. The van der Waals surface area contributed by atoms with Gasteiger partial charge in [-0.15, -0.1) is 0 Å². The fourth-order valence-corrected chi connectivity index (χ4v) is 4.37. The van der Waals surface area contributed by atoms with E-state index in [4.69, 9.17) is 23.7 Å². The smallest absolute Gasteiger partial charge is 0.293 e. The third kappa shape index (κ3) is 2.77. The van der Waals surface area contributed by atoms with Crippen LogP contribution >= 0.6 is 0 Å². The van der Waals surface area contributed by atoms with Crippen LogP contribution in [0.25, 0.3) is 0 Å². The predicted octanol–water partition coefficient (Wildman–Crippen LogP) is -3.41. The molecule has 1 aliphatic carbocycles. The zero-order valence-corrected chi connectivity index (χ0v) is 14.1. The van der Waals surface area contributed by atoms with Gasteiger partial charge in [-0.25, -0.2) is 0 Å². The molecule has 5 N–H and O–H groups in total. The number of ether oxygens (including phenoxy) is 5. The summed E-state index contributed by atoms with van der Waals surface area (Å²) in [5, 5.41) is 49.0. The van der Waals surface area contributed by atoms with Crippen molar-refractivity contribution in [1.82, 2.24) is 0 Å². The highest BCUT2D eigenvalue weighted by Crippen LogP contribution is 2.60. The number of carbonyl (C=O) groups excluding carboxylic acids is 1. The minimum absolute atomic E-state index is 0.313. The summed E-state index contributed by atoms with van der Waals surface area (Å²) in [7, 11) is 0. The second-order valence-electron chi connectivity index (χ2n) is 7.12. The molecule has 0 aromatic carbocycles. The first-order chi connectivity index (χ1) is 13.0. The molecular formula is C16H22O11. The zero-order chi connectivity index (χ0) is 19.3. The van der Waals surface area contributed by atoms with Gasteiger partial charge in [0.15, 0.2) is 6.29 Å². The van der Waals surface area contributed by atoms with Crippen LogP contribution in [0.4, 0.5) is 0 Å². The number of hydrogen-bond acceptors (Lipinski definition) is 11. The Labute approximate surface area is 153 Å². The van der Waals surface area contributed by atoms with Crippen molar-refractivity contribution >= 4 is 6.47 Å². The number of aliphatic hydroxyl groups excluding tert-OH is 5. The van der Waals surface area contributed by atoms with Crippen LogP contribution in [0, 0.1) is 11.8 Å². The number of rotatable bonds is 6. The second kappa shape index (κ2) is 6.94. The summed E-state index contributed by atoms with van der Waals surface area (Å²) < 4.78 is 27.2. The fraction of sp³-hybridized carbons (Fsp3) is 0.812. The number of carbonyl (C=O) groups is 1. The Morgan fingerprint density at radius 3 is 2.56 bits per heavy atom. The van der Waals surface area contributed by atoms with Crippen molar-refractivity contribution < 1.29 is 54.0 Å². The van der Waals surface area contributed by atoms with Crippen LogP contribution in [0.2, 0.25) is 0 Å². The molecule has 3 heterocycles. The van der Waals surface area contributed by atoms with Crippen LogP contribution in [0.1, 0.15) is 0 Å². The molecule has 4 aliphatic rings. The summed E-state index contributed by atoms with van der Waals surface area (Å²) in [4.78, 5) is 10.8. The van der Waals surface area contributed by atoms with Crippen molar-refractivity contribution in [2.45, 2.75) is 54.8 Å². The maximum Gasteiger partial charge on any atom is 0.293 e. The molecule has 11 unspecified atom stereocenters. The molecule has 0 aromatic rings. The van der Waals surface area contributed by atoms with E-state index >= 15 is 0 Å². The van der Waals surface area contributed by atoms with Gasteiger partial charge in [0.1, 0.15) is 42.2 Å². The van der Waals surface area contributed by atoms with Gasteiger partial charge in [-0.3, -0.25) is 4.79 Å². The highest BCUT2D eigenvalue weighted by molar-refractivity contribution is 5.40. The highest BCUT2D eigenvalue weighted by atomic mass is 16.8. The Kier molecular flexibility index (Phi) is 4.89. The molecule has 11 atom stereocenters. The van der Waals surface area contributed by atoms with Crippen LogP contribution in [-0.2, 0) is 28.5 Å². The van der Waals surface area contributed by atoms with Gasteiger partial charge in [0.05, 0.1) is 25.4 Å². The molecule has 152 valence electrons. The van der Waals surface area contributed by atoms with Crippen molar-refractivity contribution in [1.29, 1.82) is 0 Å². The molecule has 11 heteroatoms. The summed E-state index contributed by atoms with van der Waals surface area (Å²) in [5.41, 5.74) is -1.03. The Balaban J connectivity index is 1.54. The van der Waals surface area contributed by atoms with Crippen LogP contribution in [0.15, 0.2) is 12.3 Å². The average Bonchev–Trinajstić information content (AvgIpc) is 3.35. The largest absolute Gasteiger partial charge is 0.472 e. The molecule has 0 aromatic heterocycles. The van der Waals surface area contributed by atoms with Gasteiger partial charge in [-0.1, -0.05) is 0 Å². The van der Waals surface area contributed by atoms with Crippen molar-refractivity contribution in [2.75, 3.05) is 13.2 Å². The zero-order valence-electron chi connectivity index (χ0n) is 14.1. The highest BCUT2D eigenvalue weighted by Gasteiger charge is 2.77. The van der Waals surface area contributed by atoms with Crippen LogP contribution in [-0.4, -0.2) is 100 Å². The molecule has 4 rings (SSSR count). The maximum absolute atomic E-state index is 10.8. The van der Waals surface area contributed by atoms with Crippen molar-refractivity contribution in [3.05, 3.63) is 12.3 Å². The topological polar surface area (TPSA) is 168 Å². The SMILES string of the molecule is O=COC1C2C=COC(OC3OC(CO)C(O)C(O)C3O)C2C2(CO)OC12. The van der Waals surface area contributed by atoms with E-state index in [9.17, 15) is 30.3 Å². The van der Waals surface area contributed by atoms with Gasteiger partial charge in [0.2, 0.25) is 6.29 Å². The number of hydrogen-bond donors (Lipinski definition) is 5. The molecule has 3 fully saturated rings. The number of epoxide rings is 1. The standard InChI is InChI=1S/C16H22O11/c17-3-7-9(20)10(21)11(22)15(25-7)26-14-8-6(1-2-23-14)12(24-5-19)13-16(8,4-18)27-13/h1-2,5-15,17-18,20-22H,3-4H2. The Bertz CT molecular complexity index is 597. The quantitative estimate of drug-likeness (QED) is 0.226. The molecule has 0 bridgehead atoms. The van der Waals surface area contributed by atoms with E-state index in [0.717, 1.165) is 0 Å². The summed E-state index contributed by atoms with van der Waals surface area (Å²) in [6.07, 6.45) is -6.41. The van der Waals surface area contributed by atoms with Gasteiger partial charge < -0.3 is 49.2 Å². The second-order valence-corrected chi connectivity index (χ2v) is 7.12. The Morgan fingerprint density at radius 1 is 1.11 bits per heavy atom. The maximum atomic E-state index is 10.8. The summed E-state index contributed by atoms with van der Waals surface area (Å²) in [5.74, 6) is -0.931. The van der Waals surface area contributed by atoms with Crippen molar-refractivity contribution in [2.24, 2.45) is 11.8 Å². The van der Waals surface area contributed by atoms with Crippen LogP contribution < -0.4 is 0 Å². The van der Waals surface area contributed by atoms with Crippen LogP contribution in [0.5, 0.6) is 0 Å². The van der Waals surface area contributed by atoms with E-state index < -0.39 is 67.3 Å². The minimum Gasteiger partial charge on any atom is -0.472 e. The number of aliphatic hydroxyl groups is 5. The lowest BCUT2D eigenvalue weighted by Crippen LogP contribution is -2.60. The molecule has 2 saturated heterocycles. The number of fused-ring (bicyclic) bond motifs is 3. The molecule has 0 amide bonds. The van der Waals surface area contributed by atoms with E-state index in [1.165, 1.54) is 6.26 Å². The van der Waals surface area contributed by atoms with Crippen LogP contribution in [0.3, 0.4) is 0 Å². The molecule has 0 spiro atoms. The lowest BCUT2D eigenvalue weighted by molar-refractivity contribution is -0.344. The van der Waals surface area contributed by atoms with Gasteiger partial charge in [-0.05, 0) is 6.08 Å². The first-order valence-electron chi connectivity index (χ1n) is 8.64. The molecule has 1 saturated carbocycles. The van der Waals surface area contributed by atoms with E-state index in [1.807, 2.05) is 0 Å². The van der Waals surface area contributed by atoms with Crippen molar-refractivity contribution in [3.8, 4) is 0 Å².